The highest BCUT2D eigenvalue weighted by Gasteiger charge is 2.13. The van der Waals surface area contributed by atoms with Crippen LogP contribution in [0, 0.1) is 0 Å². The highest BCUT2D eigenvalue weighted by atomic mass is 16.3. The molecule has 0 bridgehead atoms. The molecule has 2 atom stereocenters. The van der Waals surface area contributed by atoms with Gasteiger partial charge in [0.05, 0.1) is 0 Å². The summed E-state index contributed by atoms with van der Waals surface area (Å²) in [6.07, 6.45) is -0.542. The van der Waals surface area contributed by atoms with E-state index in [-0.39, 0.29) is 12.5 Å². The molecular weight excluding hydrogens is 232 g/mol. The monoisotopic (exact) mass is 260 g/mol. The summed E-state index contributed by atoms with van der Waals surface area (Å²) >= 11 is 0. The second kappa shape index (κ2) is 8.79. The van der Waals surface area contributed by atoms with Crippen LogP contribution < -0.4 is 10.6 Å². The van der Waals surface area contributed by atoms with Gasteiger partial charge in [-0.1, -0.05) is 0 Å². The first-order chi connectivity index (χ1) is 8.61. The first-order valence-electron chi connectivity index (χ1n) is 6.87. The summed E-state index contributed by atoms with van der Waals surface area (Å²) in [4.78, 5) is 4.10. The van der Waals surface area contributed by atoms with Gasteiger partial charge in [-0.05, 0) is 13.8 Å². The van der Waals surface area contributed by atoms with Crippen molar-refractivity contribution < 1.29 is 10.2 Å². The van der Waals surface area contributed by atoms with Crippen LogP contribution in [0.15, 0.2) is 0 Å². The minimum atomic E-state index is -0.271. The van der Waals surface area contributed by atoms with Crippen molar-refractivity contribution in [1.82, 2.24) is 20.4 Å². The molecule has 6 heteroatoms. The molecule has 2 aliphatic heterocycles. The fourth-order valence-electron chi connectivity index (χ4n) is 2.11. The molecule has 0 aromatic carbocycles. The van der Waals surface area contributed by atoms with E-state index in [9.17, 15) is 0 Å². The standard InChI is InChI=1S/2C6H14N2O/c2*1-6(9)8-4-2-7-3-5-8/h2*6-7,9H,2-5H2,1H3. The van der Waals surface area contributed by atoms with Gasteiger partial charge in [0.1, 0.15) is 12.5 Å². The molecule has 6 nitrogen and oxygen atoms in total. The summed E-state index contributed by atoms with van der Waals surface area (Å²) in [5.41, 5.74) is 0. The summed E-state index contributed by atoms with van der Waals surface area (Å²) in [5.74, 6) is 0. The van der Waals surface area contributed by atoms with Gasteiger partial charge >= 0.3 is 0 Å². The molecule has 0 radical (unpaired) electrons. The highest BCUT2D eigenvalue weighted by molar-refractivity contribution is 4.67. The van der Waals surface area contributed by atoms with Crippen molar-refractivity contribution in [3.8, 4) is 0 Å². The normalized spacial score (nSPS) is 26.0. The lowest BCUT2D eigenvalue weighted by Crippen LogP contribution is -2.47. The smallest absolute Gasteiger partial charge is 0.104 e. The lowest BCUT2D eigenvalue weighted by molar-refractivity contribution is 0.0110. The molecule has 2 rings (SSSR count). The van der Waals surface area contributed by atoms with E-state index >= 15 is 0 Å². The second-order valence-corrected chi connectivity index (χ2v) is 4.84. The minimum Gasteiger partial charge on any atom is -0.379 e. The van der Waals surface area contributed by atoms with E-state index < -0.39 is 0 Å². The zero-order chi connectivity index (χ0) is 13.4. The van der Waals surface area contributed by atoms with Gasteiger partial charge in [0.2, 0.25) is 0 Å². The Hall–Kier alpha value is -0.240. The zero-order valence-corrected chi connectivity index (χ0v) is 11.6. The lowest BCUT2D eigenvalue weighted by atomic mass is 10.3. The number of nitrogens with zero attached hydrogens (tertiary/aromatic N) is 2. The molecule has 0 amide bonds. The molecule has 108 valence electrons. The molecule has 0 saturated carbocycles. The maximum Gasteiger partial charge on any atom is 0.104 e. The maximum absolute atomic E-state index is 9.08. The van der Waals surface area contributed by atoms with Crippen LogP contribution in [0.4, 0.5) is 0 Å². The number of aliphatic hydroxyl groups is 2. The van der Waals surface area contributed by atoms with Crippen LogP contribution >= 0.6 is 0 Å². The Bertz CT molecular complexity index is 180. The summed E-state index contributed by atoms with van der Waals surface area (Å²) in [6.45, 7) is 11.5. The molecule has 18 heavy (non-hydrogen) atoms. The van der Waals surface area contributed by atoms with Gasteiger partial charge in [-0.2, -0.15) is 0 Å². The molecule has 2 saturated heterocycles. The van der Waals surface area contributed by atoms with Crippen molar-refractivity contribution in [1.29, 1.82) is 0 Å². The Morgan fingerprint density at radius 2 is 1.00 bits per heavy atom. The van der Waals surface area contributed by atoms with Gasteiger partial charge in [-0.3, -0.25) is 9.80 Å². The highest BCUT2D eigenvalue weighted by Crippen LogP contribution is 1.96. The van der Waals surface area contributed by atoms with Crippen molar-refractivity contribution in [3.05, 3.63) is 0 Å². The number of piperazine rings is 2. The third-order valence-electron chi connectivity index (χ3n) is 3.36. The Balaban J connectivity index is 0.000000180. The van der Waals surface area contributed by atoms with Crippen molar-refractivity contribution in [2.24, 2.45) is 0 Å². The Morgan fingerprint density at radius 3 is 1.17 bits per heavy atom. The van der Waals surface area contributed by atoms with E-state index in [0.717, 1.165) is 52.4 Å². The Kier molecular flexibility index (Phi) is 7.73. The number of rotatable bonds is 2. The molecule has 0 spiro atoms. The molecule has 4 N–H and O–H groups in total. The predicted molar refractivity (Wildman–Crippen MR) is 72.2 cm³/mol. The zero-order valence-electron chi connectivity index (χ0n) is 11.6. The molecule has 0 aromatic rings. The quantitative estimate of drug-likeness (QED) is 0.482. The van der Waals surface area contributed by atoms with Crippen molar-refractivity contribution in [3.63, 3.8) is 0 Å². The van der Waals surface area contributed by atoms with E-state index in [4.69, 9.17) is 10.2 Å². The fraction of sp³-hybridized carbons (Fsp3) is 1.00. The maximum atomic E-state index is 9.08. The van der Waals surface area contributed by atoms with Gasteiger partial charge in [0, 0.05) is 52.4 Å². The van der Waals surface area contributed by atoms with Crippen LogP contribution in [0.2, 0.25) is 0 Å². The molecular formula is C12H28N4O2. The number of nitrogens with one attached hydrogen (secondary N) is 2. The van der Waals surface area contributed by atoms with Crippen molar-refractivity contribution in [2.75, 3.05) is 52.4 Å². The van der Waals surface area contributed by atoms with Gasteiger partial charge in [0.25, 0.3) is 0 Å². The molecule has 2 fully saturated rings. The van der Waals surface area contributed by atoms with Crippen LogP contribution in [-0.4, -0.2) is 84.8 Å². The van der Waals surface area contributed by atoms with E-state index in [0.29, 0.717) is 0 Å². The van der Waals surface area contributed by atoms with Crippen LogP contribution in [0.3, 0.4) is 0 Å². The number of aliphatic hydroxyl groups excluding tert-OH is 2. The first kappa shape index (κ1) is 15.8. The first-order valence-corrected chi connectivity index (χ1v) is 6.87. The molecule has 2 heterocycles. The van der Waals surface area contributed by atoms with Gasteiger partial charge in [-0.15, -0.1) is 0 Å². The molecule has 0 aromatic heterocycles. The van der Waals surface area contributed by atoms with Crippen LogP contribution in [0.1, 0.15) is 13.8 Å². The number of hydrogen-bond donors (Lipinski definition) is 4. The van der Waals surface area contributed by atoms with Crippen LogP contribution in [0.5, 0.6) is 0 Å². The molecule has 2 aliphatic rings. The van der Waals surface area contributed by atoms with E-state index in [1.807, 2.05) is 13.8 Å². The second-order valence-electron chi connectivity index (χ2n) is 4.84. The van der Waals surface area contributed by atoms with Gasteiger partial charge in [-0.25, -0.2) is 0 Å². The van der Waals surface area contributed by atoms with Crippen LogP contribution in [0.25, 0.3) is 0 Å². The third-order valence-corrected chi connectivity index (χ3v) is 3.36. The average molecular weight is 260 g/mol. The lowest BCUT2D eigenvalue weighted by Gasteiger charge is -2.29. The van der Waals surface area contributed by atoms with E-state index in [2.05, 4.69) is 20.4 Å². The van der Waals surface area contributed by atoms with E-state index in [1.54, 1.807) is 0 Å². The third kappa shape index (κ3) is 6.08. The average Bonchev–Trinajstić information content (AvgIpc) is 2.41. The molecule has 2 unspecified atom stereocenters. The SMILES string of the molecule is CC(O)N1CCNCC1.CC(O)N1CCNCC1. The Morgan fingerprint density at radius 1 is 0.722 bits per heavy atom. The van der Waals surface area contributed by atoms with Gasteiger partial charge in [0.15, 0.2) is 0 Å². The van der Waals surface area contributed by atoms with Crippen molar-refractivity contribution >= 4 is 0 Å². The topological polar surface area (TPSA) is 71.0 Å². The summed E-state index contributed by atoms with van der Waals surface area (Å²) in [5, 5.41) is 24.6. The van der Waals surface area contributed by atoms with Crippen molar-refractivity contribution in [2.45, 2.75) is 26.3 Å². The largest absolute Gasteiger partial charge is 0.379 e. The van der Waals surface area contributed by atoms with Crippen LogP contribution in [-0.2, 0) is 0 Å². The van der Waals surface area contributed by atoms with Gasteiger partial charge < -0.3 is 20.8 Å². The fourth-order valence-corrected chi connectivity index (χ4v) is 2.11. The summed E-state index contributed by atoms with van der Waals surface area (Å²) in [7, 11) is 0. The predicted octanol–water partition coefficient (Wildman–Crippen LogP) is -1.54. The molecule has 0 aliphatic carbocycles. The summed E-state index contributed by atoms with van der Waals surface area (Å²) < 4.78 is 0. The van der Waals surface area contributed by atoms with E-state index in [1.165, 1.54) is 0 Å². The number of hydrogen-bond acceptors (Lipinski definition) is 6. The Labute approximate surface area is 110 Å². The minimum absolute atomic E-state index is 0.271. The summed E-state index contributed by atoms with van der Waals surface area (Å²) in [6, 6.07) is 0.